The van der Waals surface area contributed by atoms with Crippen molar-refractivity contribution < 1.29 is 23.9 Å². The normalized spacial score (nSPS) is 12.9. The molecule has 0 aromatic heterocycles. The predicted molar refractivity (Wildman–Crippen MR) is 95.8 cm³/mol. The summed E-state index contributed by atoms with van der Waals surface area (Å²) in [5.41, 5.74) is 4.58. The maximum absolute atomic E-state index is 11.7. The van der Waals surface area contributed by atoms with Crippen LogP contribution in [0.3, 0.4) is 0 Å². The van der Waals surface area contributed by atoms with Crippen LogP contribution in [-0.2, 0) is 14.3 Å². The van der Waals surface area contributed by atoms with Crippen LogP contribution in [-0.4, -0.2) is 46.7 Å². The molecule has 3 amide bonds. The molecule has 146 valence electrons. The molecule has 0 aromatic carbocycles. The topological polar surface area (TPSA) is 120 Å². The van der Waals surface area contributed by atoms with Crippen molar-refractivity contribution in [3.63, 3.8) is 0 Å². The van der Waals surface area contributed by atoms with Crippen LogP contribution >= 0.6 is 34.8 Å². The van der Waals surface area contributed by atoms with Crippen LogP contribution in [0.1, 0.15) is 40.0 Å². The van der Waals surface area contributed by atoms with E-state index >= 15 is 0 Å². The third kappa shape index (κ3) is 14.9. The van der Waals surface area contributed by atoms with Crippen molar-refractivity contribution in [2.75, 3.05) is 13.2 Å². The summed E-state index contributed by atoms with van der Waals surface area (Å²) in [7, 11) is 0. The van der Waals surface area contributed by atoms with E-state index in [1.807, 2.05) is 0 Å². The number of carbonyl (C=O) groups is 3. The van der Waals surface area contributed by atoms with Gasteiger partial charge in [0.05, 0.1) is 0 Å². The zero-order valence-corrected chi connectivity index (χ0v) is 16.6. The van der Waals surface area contributed by atoms with E-state index in [9.17, 15) is 14.4 Å². The minimum atomic E-state index is -1.67. The SMILES string of the molecule is CC(C)(C)OC(=O)N[C@@H](CCCCNC(=O)OCC(Cl)(Cl)Cl)C(N)=O. The fourth-order valence-corrected chi connectivity index (χ4v) is 1.76. The number of hydrogen-bond acceptors (Lipinski definition) is 5. The van der Waals surface area contributed by atoms with Crippen LogP contribution in [0.4, 0.5) is 9.59 Å². The van der Waals surface area contributed by atoms with Crippen molar-refractivity contribution in [1.29, 1.82) is 0 Å². The summed E-state index contributed by atoms with van der Waals surface area (Å²) in [6.45, 7) is 5.04. The summed E-state index contributed by atoms with van der Waals surface area (Å²) in [5, 5.41) is 4.88. The van der Waals surface area contributed by atoms with Gasteiger partial charge in [-0.05, 0) is 40.0 Å². The van der Waals surface area contributed by atoms with Gasteiger partial charge in [-0.2, -0.15) is 0 Å². The molecule has 4 N–H and O–H groups in total. The third-order valence-corrected chi connectivity index (χ3v) is 2.92. The Labute approximate surface area is 162 Å². The van der Waals surface area contributed by atoms with Gasteiger partial charge in [-0.3, -0.25) is 4.79 Å². The fraction of sp³-hybridized carbons (Fsp3) is 0.786. The molecule has 1 atom stereocenters. The van der Waals surface area contributed by atoms with Gasteiger partial charge in [-0.1, -0.05) is 34.8 Å². The molecule has 0 aliphatic heterocycles. The number of rotatable bonds is 8. The molecule has 0 aliphatic carbocycles. The molecule has 0 fully saturated rings. The molecular formula is C14H24Cl3N3O5. The van der Waals surface area contributed by atoms with Gasteiger partial charge in [-0.25, -0.2) is 9.59 Å². The Morgan fingerprint density at radius 2 is 1.68 bits per heavy atom. The number of primary amides is 1. The molecule has 0 rings (SSSR count). The Bertz CT molecular complexity index is 464. The highest BCUT2D eigenvalue weighted by molar-refractivity contribution is 6.67. The van der Waals surface area contributed by atoms with Crippen molar-refractivity contribution in [3.8, 4) is 0 Å². The number of halogens is 3. The Hall–Kier alpha value is -1.12. The number of ether oxygens (including phenoxy) is 2. The zero-order valence-electron chi connectivity index (χ0n) is 14.4. The van der Waals surface area contributed by atoms with E-state index in [4.69, 9.17) is 45.3 Å². The quantitative estimate of drug-likeness (QED) is 0.412. The second-order valence-corrected chi connectivity index (χ2v) is 8.73. The number of nitrogens with one attached hydrogen (secondary N) is 2. The Kier molecular flexibility index (Phi) is 10.3. The molecule has 0 aliphatic rings. The first-order chi connectivity index (χ1) is 11.3. The smallest absolute Gasteiger partial charge is 0.408 e. The summed E-state index contributed by atoms with van der Waals surface area (Å²) in [4.78, 5) is 34.4. The van der Waals surface area contributed by atoms with Gasteiger partial charge in [-0.15, -0.1) is 0 Å². The largest absolute Gasteiger partial charge is 0.445 e. The van der Waals surface area contributed by atoms with Crippen molar-refractivity contribution in [2.24, 2.45) is 5.73 Å². The second-order valence-electron chi connectivity index (χ2n) is 6.22. The zero-order chi connectivity index (χ0) is 19.7. The highest BCUT2D eigenvalue weighted by atomic mass is 35.6. The minimum Gasteiger partial charge on any atom is -0.445 e. The maximum atomic E-state index is 11.7. The van der Waals surface area contributed by atoms with Crippen molar-refractivity contribution in [1.82, 2.24) is 10.6 Å². The van der Waals surface area contributed by atoms with Crippen LogP contribution in [0.25, 0.3) is 0 Å². The average molecular weight is 421 g/mol. The lowest BCUT2D eigenvalue weighted by molar-refractivity contribution is -0.120. The number of nitrogens with two attached hydrogens (primary N) is 1. The first-order valence-electron chi connectivity index (χ1n) is 7.56. The molecule has 0 aromatic rings. The van der Waals surface area contributed by atoms with Crippen LogP contribution in [0, 0.1) is 0 Å². The number of alkyl carbamates (subject to hydrolysis) is 2. The van der Waals surface area contributed by atoms with Gasteiger partial charge in [0, 0.05) is 6.54 Å². The van der Waals surface area contributed by atoms with Crippen LogP contribution in [0.2, 0.25) is 0 Å². The highest BCUT2D eigenvalue weighted by Gasteiger charge is 2.23. The van der Waals surface area contributed by atoms with E-state index in [0.717, 1.165) is 0 Å². The molecule has 0 saturated carbocycles. The molecule has 25 heavy (non-hydrogen) atoms. The van der Waals surface area contributed by atoms with E-state index in [1.165, 1.54) is 0 Å². The van der Waals surface area contributed by atoms with E-state index < -0.39 is 33.5 Å². The van der Waals surface area contributed by atoms with Crippen molar-refractivity contribution >= 4 is 52.9 Å². The number of unbranched alkanes of at least 4 members (excludes halogenated alkanes) is 1. The molecule has 0 unspecified atom stereocenters. The molecule has 0 radical (unpaired) electrons. The van der Waals surface area contributed by atoms with Crippen LogP contribution in [0.15, 0.2) is 0 Å². The van der Waals surface area contributed by atoms with Crippen LogP contribution in [0.5, 0.6) is 0 Å². The third-order valence-electron chi connectivity index (χ3n) is 2.59. The lowest BCUT2D eigenvalue weighted by atomic mass is 10.1. The minimum absolute atomic E-state index is 0.288. The molecule has 8 nitrogen and oxygen atoms in total. The van der Waals surface area contributed by atoms with Gasteiger partial charge in [0.25, 0.3) is 0 Å². The van der Waals surface area contributed by atoms with E-state index in [0.29, 0.717) is 19.3 Å². The average Bonchev–Trinajstić information content (AvgIpc) is 2.40. The van der Waals surface area contributed by atoms with Gasteiger partial charge in [0.1, 0.15) is 18.2 Å². The van der Waals surface area contributed by atoms with Gasteiger partial charge in [0.2, 0.25) is 9.70 Å². The van der Waals surface area contributed by atoms with E-state index in [-0.39, 0.29) is 13.2 Å². The molecule has 0 saturated heterocycles. The highest BCUT2D eigenvalue weighted by Crippen LogP contribution is 2.25. The lowest BCUT2D eigenvalue weighted by Gasteiger charge is -2.22. The number of alkyl halides is 3. The number of carbonyl (C=O) groups excluding carboxylic acids is 3. The first-order valence-corrected chi connectivity index (χ1v) is 8.70. The summed E-state index contributed by atoms with van der Waals surface area (Å²) >= 11 is 16.3. The van der Waals surface area contributed by atoms with Gasteiger partial charge in [0.15, 0.2) is 0 Å². The summed E-state index contributed by atoms with van der Waals surface area (Å²) in [6, 6.07) is -0.855. The van der Waals surface area contributed by atoms with Crippen molar-refractivity contribution in [3.05, 3.63) is 0 Å². The lowest BCUT2D eigenvalue weighted by Crippen LogP contribution is -2.46. The number of hydrogen-bond donors (Lipinski definition) is 3. The van der Waals surface area contributed by atoms with E-state index in [1.54, 1.807) is 20.8 Å². The second kappa shape index (κ2) is 10.8. The van der Waals surface area contributed by atoms with Gasteiger partial charge < -0.3 is 25.8 Å². The molecule has 11 heteroatoms. The first kappa shape index (κ1) is 23.9. The van der Waals surface area contributed by atoms with Gasteiger partial charge >= 0.3 is 12.2 Å². The summed E-state index contributed by atoms with van der Waals surface area (Å²) in [5.74, 6) is -0.666. The summed E-state index contributed by atoms with van der Waals surface area (Å²) < 4.78 is 8.08. The Morgan fingerprint density at radius 3 is 2.16 bits per heavy atom. The monoisotopic (exact) mass is 419 g/mol. The fourth-order valence-electron chi connectivity index (χ4n) is 1.60. The standard InChI is InChI=1S/C14H24Cl3N3O5/c1-13(2,3)25-12(23)20-9(10(18)21)6-4-5-7-19-11(22)24-8-14(15,16)17/h9H,4-8H2,1-3H3,(H2,18,21)(H,19,22)(H,20,23)/t9-/m0/s1. The Balaban J connectivity index is 4.04. The maximum Gasteiger partial charge on any atom is 0.408 e. The van der Waals surface area contributed by atoms with Crippen molar-refractivity contribution in [2.45, 2.75) is 55.5 Å². The Morgan fingerprint density at radius 1 is 1.08 bits per heavy atom. The molecule has 0 heterocycles. The number of amides is 3. The predicted octanol–water partition coefficient (Wildman–Crippen LogP) is 2.63. The molecule has 0 bridgehead atoms. The summed E-state index contributed by atoms with van der Waals surface area (Å²) in [6.07, 6.45) is -0.0784. The van der Waals surface area contributed by atoms with Crippen LogP contribution < -0.4 is 16.4 Å². The van der Waals surface area contributed by atoms with E-state index in [2.05, 4.69) is 15.4 Å². The molecule has 0 spiro atoms. The molecular weight excluding hydrogens is 397 g/mol.